The Hall–Kier alpha value is -0.640. The Bertz CT molecular complexity index is 392. The van der Waals surface area contributed by atoms with Gasteiger partial charge in [-0.1, -0.05) is 63.3 Å². The zero-order valence-corrected chi connectivity index (χ0v) is 21.2. The molecule has 0 N–H and O–H groups in total. The van der Waals surface area contributed by atoms with Crippen LogP contribution in [0.5, 0.6) is 0 Å². The molecule has 178 valence electrons. The number of hydrogen-bond acceptors (Lipinski definition) is 3. The highest BCUT2D eigenvalue weighted by atomic mass is 16.5. The molecule has 0 aromatic heterocycles. The van der Waals surface area contributed by atoms with Gasteiger partial charge in [-0.25, -0.2) is 0 Å². The van der Waals surface area contributed by atoms with Crippen molar-refractivity contribution in [3.8, 4) is 0 Å². The lowest BCUT2D eigenvalue weighted by molar-refractivity contribution is 0.0528. The van der Waals surface area contributed by atoms with Crippen LogP contribution in [0, 0.1) is 0 Å². The lowest BCUT2D eigenvalue weighted by Gasteiger charge is -2.19. The zero-order chi connectivity index (χ0) is 22.3. The minimum absolute atomic E-state index is 0.410. The fourth-order valence-corrected chi connectivity index (χ4v) is 3.54. The van der Waals surface area contributed by atoms with E-state index in [0.717, 1.165) is 26.0 Å². The van der Waals surface area contributed by atoms with Gasteiger partial charge in [0, 0.05) is 13.2 Å². The molecule has 3 nitrogen and oxygen atoms in total. The first kappa shape index (κ1) is 29.4. The van der Waals surface area contributed by atoms with E-state index < -0.39 is 0 Å². The van der Waals surface area contributed by atoms with E-state index in [9.17, 15) is 0 Å². The van der Waals surface area contributed by atoms with Gasteiger partial charge in [0.15, 0.2) is 0 Å². The molecular formula is C27H54N2O. The summed E-state index contributed by atoms with van der Waals surface area (Å²) in [7, 11) is 6.50. The zero-order valence-electron chi connectivity index (χ0n) is 21.2. The van der Waals surface area contributed by atoms with E-state index in [-0.39, 0.29) is 0 Å². The number of ether oxygens (including phenoxy) is 1. The smallest absolute Gasteiger partial charge is 0.0547 e. The maximum absolute atomic E-state index is 6.00. The highest BCUT2D eigenvalue weighted by molar-refractivity contribution is 4.92. The highest BCUT2D eigenvalue weighted by Gasteiger charge is 2.03. The van der Waals surface area contributed by atoms with E-state index in [2.05, 4.69) is 69.1 Å². The van der Waals surface area contributed by atoms with Crippen molar-refractivity contribution in [2.24, 2.45) is 0 Å². The summed E-state index contributed by atoms with van der Waals surface area (Å²) in [5.74, 6) is 0. The van der Waals surface area contributed by atoms with Crippen LogP contribution < -0.4 is 0 Å². The predicted octanol–water partition coefficient (Wildman–Crippen LogP) is 7.09. The molecule has 0 fully saturated rings. The normalized spacial score (nSPS) is 13.4. The van der Waals surface area contributed by atoms with Gasteiger partial charge < -0.3 is 14.5 Å². The van der Waals surface area contributed by atoms with Gasteiger partial charge in [-0.2, -0.15) is 0 Å². The van der Waals surface area contributed by atoms with Crippen LogP contribution in [0.15, 0.2) is 24.3 Å². The quantitative estimate of drug-likeness (QED) is 0.137. The fourth-order valence-electron chi connectivity index (χ4n) is 3.54. The third-order valence-corrected chi connectivity index (χ3v) is 5.54. The molecule has 0 aliphatic carbocycles. The van der Waals surface area contributed by atoms with Crippen LogP contribution >= 0.6 is 0 Å². The van der Waals surface area contributed by atoms with Gasteiger partial charge in [0.1, 0.15) is 0 Å². The van der Waals surface area contributed by atoms with Crippen molar-refractivity contribution in [2.75, 3.05) is 47.4 Å². The Morgan fingerprint density at radius 2 is 1.33 bits per heavy atom. The molecule has 0 bridgehead atoms. The van der Waals surface area contributed by atoms with Gasteiger partial charge in [0.05, 0.1) is 6.10 Å². The average Bonchev–Trinajstić information content (AvgIpc) is 2.71. The third kappa shape index (κ3) is 23.6. The standard InChI is InChI=1S/C27H54N2O/c1-6-7-8-9-10-11-12-13-14-15-16-17-18-19-22-27(2)30-26-21-25-29(5)24-20-23-28(3)4/h10-11,13-14,27H,6-9,12,15-26H2,1-5H3. The highest BCUT2D eigenvalue weighted by Crippen LogP contribution is 2.10. The van der Waals surface area contributed by atoms with Gasteiger partial charge in [-0.05, 0) is 92.5 Å². The van der Waals surface area contributed by atoms with Crippen molar-refractivity contribution in [1.82, 2.24) is 9.80 Å². The second kappa shape index (κ2) is 23.0. The van der Waals surface area contributed by atoms with E-state index in [1.54, 1.807) is 0 Å². The summed E-state index contributed by atoms with van der Waals surface area (Å²) in [4.78, 5) is 4.68. The number of unbranched alkanes of at least 4 members (excludes halogenated alkanes) is 7. The van der Waals surface area contributed by atoms with Gasteiger partial charge >= 0.3 is 0 Å². The summed E-state index contributed by atoms with van der Waals surface area (Å²) in [6, 6.07) is 0. The molecule has 0 saturated carbocycles. The molecule has 0 aromatic carbocycles. The second-order valence-corrected chi connectivity index (χ2v) is 9.16. The summed E-state index contributed by atoms with van der Waals surface area (Å²) in [5.41, 5.74) is 0. The Kier molecular flexibility index (Phi) is 22.5. The molecule has 3 heteroatoms. The van der Waals surface area contributed by atoms with Crippen LogP contribution in [0.25, 0.3) is 0 Å². The molecule has 0 aliphatic heterocycles. The molecule has 0 aromatic rings. The van der Waals surface area contributed by atoms with E-state index >= 15 is 0 Å². The van der Waals surface area contributed by atoms with Gasteiger partial charge in [0.2, 0.25) is 0 Å². The summed E-state index contributed by atoms with van der Waals surface area (Å²) >= 11 is 0. The summed E-state index contributed by atoms with van der Waals surface area (Å²) in [6.07, 6.45) is 26.3. The average molecular weight is 423 g/mol. The van der Waals surface area contributed by atoms with Crippen molar-refractivity contribution in [3.63, 3.8) is 0 Å². The van der Waals surface area contributed by atoms with Gasteiger partial charge in [-0.3, -0.25) is 0 Å². The van der Waals surface area contributed by atoms with Crippen LogP contribution in [0.1, 0.15) is 97.3 Å². The molecule has 0 aliphatic rings. The Morgan fingerprint density at radius 1 is 0.700 bits per heavy atom. The van der Waals surface area contributed by atoms with Crippen molar-refractivity contribution in [3.05, 3.63) is 24.3 Å². The maximum atomic E-state index is 6.00. The summed E-state index contributed by atoms with van der Waals surface area (Å²) < 4.78 is 6.00. The molecule has 0 radical (unpaired) electrons. The minimum Gasteiger partial charge on any atom is -0.378 e. The van der Waals surface area contributed by atoms with E-state index in [4.69, 9.17) is 4.74 Å². The molecule has 0 saturated heterocycles. The fraction of sp³-hybridized carbons (Fsp3) is 0.852. The lowest BCUT2D eigenvalue weighted by Crippen LogP contribution is -2.25. The number of allylic oxidation sites excluding steroid dienone is 4. The van der Waals surface area contributed by atoms with Crippen molar-refractivity contribution >= 4 is 0 Å². The Balaban J connectivity index is 3.37. The number of rotatable bonds is 22. The van der Waals surface area contributed by atoms with Crippen molar-refractivity contribution < 1.29 is 4.74 Å². The Morgan fingerprint density at radius 3 is 2.00 bits per heavy atom. The summed E-state index contributed by atoms with van der Waals surface area (Å²) in [5, 5.41) is 0. The van der Waals surface area contributed by atoms with Gasteiger partial charge in [0.25, 0.3) is 0 Å². The SMILES string of the molecule is CCCCCC=CCC=CCCCCCCC(C)OCCCN(C)CCCN(C)C. The van der Waals surface area contributed by atoms with Crippen LogP contribution in [-0.2, 0) is 4.74 Å². The van der Waals surface area contributed by atoms with Crippen molar-refractivity contribution in [1.29, 1.82) is 0 Å². The van der Waals surface area contributed by atoms with Crippen molar-refractivity contribution in [2.45, 2.75) is 103 Å². The van der Waals surface area contributed by atoms with E-state index in [1.807, 2.05) is 0 Å². The third-order valence-electron chi connectivity index (χ3n) is 5.54. The van der Waals surface area contributed by atoms with Crippen LogP contribution in [0.3, 0.4) is 0 Å². The first-order valence-corrected chi connectivity index (χ1v) is 12.8. The monoisotopic (exact) mass is 422 g/mol. The van der Waals surface area contributed by atoms with Gasteiger partial charge in [-0.15, -0.1) is 0 Å². The topological polar surface area (TPSA) is 15.7 Å². The molecule has 0 amide bonds. The number of nitrogens with zero attached hydrogens (tertiary/aromatic N) is 2. The van der Waals surface area contributed by atoms with E-state index in [0.29, 0.717) is 6.10 Å². The largest absolute Gasteiger partial charge is 0.378 e. The molecule has 1 atom stereocenters. The number of hydrogen-bond donors (Lipinski definition) is 0. The molecule has 0 rings (SSSR count). The first-order valence-electron chi connectivity index (χ1n) is 12.8. The summed E-state index contributed by atoms with van der Waals surface area (Å²) in [6.45, 7) is 8.89. The molecule has 0 spiro atoms. The lowest BCUT2D eigenvalue weighted by atomic mass is 10.1. The van der Waals surface area contributed by atoms with Crippen LogP contribution in [0.4, 0.5) is 0 Å². The Labute approximate surface area is 189 Å². The molecule has 0 heterocycles. The predicted molar refractivity (Wildman–Crippen MR) is 135 cm³/mol. The van der Waals surface area contributed by atoms with E-state index in [1.165, 1.54) is 83.7 Å². The first-order chi connectivity index (χ1) is 14.6. The maximum Gasteiger partial charge on any atom is 0.0547 e. The molecule has 1 unspecified atom stereocenters. The molecular weight excluding hydrogens is 368 g/mol. The van der Waals surface area contributed by atoms with Crippen LogP contribution in [0.2, 0.25) is 0 Å². The molecule has 30 heavy (non-hydrogen) atoms. The second-order valence-electron chi connectivity index (χ2n) is 9.16. The minimum atomic E-state index is 0.410. The van der Waals surface area contributed by atoms with Crippen LogP contribution in [-0.4, -0.2) is 63.3 Å².